The van der Waals surface area contributed by atoms with Crippen LogP contribution in [0.4, 0.5) is 9.18 Å². The highest BCUT2D eigenvalue weighted by molar-refractivity contribution is 5.67. The second-order valence-corrected chi connectivity index (χ2v) is 7.57. The molecule has 3 rings (SSSR count). The Morgan fingerprint density at radius 3 is 2.61 bits per heavy atom. The van der Waals surface area contributed by atoms with Crippen molar-refractivity contribution in [3.63, 3.8) is 0 Å². The van der Waals surface area contributed by atoms with Crippen LogP contribution in [-0.2, 0) is 11.4 Å². The van der Waals surface area contributed by atoms with Crippen molar-refractivity contribution in [1.82, 2.24) is 15.3 Å². The number of nitrogens with zero attached hydrogens (tertiary/aromatic N) is 2. The van der Waals surface area contributed by atoms with Crippen LogP contribution < -0.4 is 5.32 Å². The van der Waals surface area contributed by atoms with Gasteiger partial charge in [-0.05, 0) is 49.6 Å². The molecule has 1 atom stereocenters. The monoisotopic (exact) mass is 385 g/mol. The molecule has 6 heteroatoms. The molecule has 0 radical (unpaired) electrons. The van der Waals surface area contributed by atoms with Crippen LogP contribution in [0.5, 0.6) is 0 Å². The van der Waals surface area contributed by atoms with Gasteiger partial charge in [-0.25, -0.2) is 9.18 Å². The van der Waals surface area contributed by atoms with Crippen molar-refractivity contribution in [2.75, 3.05) is 26.7 Å². The van der Waals surface area contributed by atoms with Crippen LogP contribution in [0.15, 0.2) is 36.4 Å². The van der Waals surface area contributed by atoms with Crippen molar-refractivity contribution in [3.8, 4) is 0 Å². The number of hydrogen-bond acceptors (Lipinski definition) is 4. The fraction of sp³-hybridized carbons (Fsp3) is 0.409. The standard InChI is InChI=1S/C22H28FN3O2/c1-15-9-16(2)11-18(10-15)14-25(4)22(27)28-26-8-7-24-13-21(26)20-6-5-19(23)12-17(20)3/h5-6,9-12,21,24H,7-8,13-14H2,1-4H3/t21-/m1/s1. The summed E-state index contributed by atoms with van der Waals surface area (Å²) in [5, 5.41) is 5.02. The molecule has 1 saturated heterocycles. The van der Waals surface area contributed by atoms with E-state index in [0.29, 0.717) is 19.6 Å². The fourth-order valence-corrected chi connectivity index (χ4v) is 3.74. The van der Waals surface area contributed by atoms with Gasteiger partial charge in [-0.2, -0.15) is 0 Å². The smallest absolute Gasteiger partial charge is 0.350 e. The maximum Gasteiger partial charge on any atom is 0.428 e. The van der Waals surface area contributed by atoms with Gasteiger partial charge in [0.1, 0.15) is 5.82 Å². The van der Waals surface area contributed by atoms with Gasteiger partial charge in [-0.1, -0.05) is 35.4 Å². The minimum Gasteiger partial charge on any atom is -0.350 e. The van der Waals surface area contributed by atoms with Gasteiger partial charge < -0.3 is 15.1 Å². The number of benzene rings is 2. The van der Waals surface area contributed by atoms with E-state index in [9.17, 15) is 9.18 Å². The molecule has 1 heterocycles. The average Bonchev–Trinajstić information content (AvgIpc) is 2.61. The summed E-state index contributed by atoms with van der Waals surface area (Å²) in [6.07, 6.45) is -0.397. The zero-order valence-corrected chi connectivity index (χ0v) is 17.0. The Labute approximate surface area is 166 Å². The Hall–Kier alpha value is -2.44. The number of hydrogen-bond donors (Lipinski definition) is 1. The molecule has 0 aromatic heterocycles. The normalized spacial score (nSPS) is 17.4. The molecule has 1 N–H and O–H groups in total. The molecule has 1 fully saturated rings. The summed E-state index contributed by atoms with van der Waals surface area (Å²) in [6, 6.07) is 10.8. The molecule has 0 saturated carbocycles. The maximum atomic E-state index is 13.5. The molecular weight excluding hydrogens is 357 g/mol. The molecular formula is C22H28FN3O2. The van der Waals surface area contributed by atoms with E-state index in [1.165, 1.54) is 23.3 Å². The van der Waals surface area contributed by atoms with Crippen molar-refractivity contribution < 1.29 is 14.0 Å². The SMILES string of the molecule is Cc1cc(C)cc(CN(C)C(=O)ON2CCNC[C@@H]2c2ccc(F)cc2C)c1. The Balaban J connectivity index is 1.69. The van der Waals surface area contributed by atoms with E-state index < -0.39 is 6.09 Å². The molecule has 28 heavy (non-hydrogen) atoms. The van der Waals surface area contributed by atoms with Gasteiger partial charge in [-0.15, -0.1) is 5.06 Å². The van der Waals surface area contributed by atoms with Crippen molar-refractivity contribution in [1.29, 1.82) is 0 Å². The number of carbonyl (C=O) groups is 1. The summed E-state index contributed by atoms with van der Waals surface area (Å²) >= 11 is 0. The van der Waals surface area contributed by atoms with E-state index in [2.05, 4.69) is 23.5 Å². The van der Waals surface area contributed by atoms with Crippen molar-refractivity contribution in [3.05, 3.63) is 70.0 Å². The molecule has 0 unspecified atom stereocenters. The van der Waals surface area contributed by atoms with E-state index in [4.69, 9.17) is 4.84 Å². The Bertz CT molecular complexity index is 835. The third-order valence-corrected chi connectivity index (χ3v) is 4.99. The number of amides is 1. The lowest BCUT2D eigenvalue weighted by Gasteiger charge is -2.36. The highest BCUT2D eigenvalue weighted by atomic mass is 19.1. The van der Waals surface area contributed by atoms with Gasteiger partial charge in [0.05, 0.1) is 6.04 Å². The fourth-order valence-electron chi connectivity index (χ4n) is 3.74. The zero-order valence-electron chi connectivity index (χ0n) is 17.0. The third-order valence-electron chi connectivity index (χ3n) is 4.99. The first-order valence-corrected chi connectivity index (χ1v) is 9.57. The van der Waals surface area contributed by atoms with Crippen LogP contribution in [0, 0.1) is 26.6 Å². The maximum absolute atomic E-state index is 13.5. The molecule has 2 aromatic carbocycles. The second kappa shape index (κ2) is 8.71. The van der Waals surface area contributed by atoms with E-state index in [0.717, 1.165) is 23.2 Å². The van der Waals surface area contributed by atoms with Crippen molar-refractivity contribution in [2.24, 2.45) is 0 Å². The van der Waals surface area contributed by atoms with E-state index >= 15 is 0 Å². The van der Waals surface area contributed by atoms with Crippen molar-refractivity contribution >= 4 is 6.09 Å². The second-order valence-electron chi connectivity index (χ2n) is 7.57. The summed E-state index contributed by atoms with van der Waals surface area (Å²) in [5.41, 5.74) is 5.22. The Morgan fingerprint density at radius 2 is 1.93 bits per heavy atom. The van der Waals surface area contributed by atoms with Gasteiger partial charge in [0, 0.05) is 33.2 Å². The number of carbonyl (C=O) groups excluding carboxylic acids is 1. The lowest BCUT2D eigenvalue weighted by atomic mass is 9.99. The van der Waals surface area contributed by atoms with Gasteiger partial charge in [0.25, 0.3) is 0 Å². The molecule has 1 aliphatic heterocycles. The molecule has 0 aliphatic carbocycles. The third kappa shape index (κ3) is 4.88. The van der Waals surface area contributed by atoms with E-state index in [1.54, 1.807) is 23.1 Å². The highest BCUT2D eigenvalue weighted by Gasteiger charge is 2.29. The lowest BCUT2D eigenvalue weighted by molar-refractivity contribution is -0.150. The Morgan fingerprint density at radius 1 is 1.21 bits per heavy atom. The molecule has 0 spiro atoms. The summed E-state index contributed by atoms with van der Waals surface area (Å²) in [5.74, 6) is -0.262. The molecule has 2 aromatic rings. The van der Waals surface area contributed by atoms with Crippen LogP contribution in [0.3, 0.4) is 0 Å². The van der Waals surface area contributed by atoms with E-state index in [-0.39, 0.29) is 11.9 Å². The molecule has 5 nitrogen and oxygen atoms in total. The predicted molar refractivity (Wildman–Crippen MR) is 107 cm³/mol. The largest absolute Gasteiger partial charge is 0.428 e. The predicted octanol–water partition coefficient (Wildman–Crippen LogP) is 3.88. The van der Waals surface area contributed by atoms with Crippen LogP contribution in [0.2, 0.25) is 0 Å². The van der Waals surface area contributed by atoms with Gasteiger partial charge >= 0.3 is 6.09 Å². The quantitative estimate of drug-likeness (QED) is 0.868. The van der Waals surface area contributed by atoms with Gasteiger partial charge in [-0.3, -0.25) is 0 Å². The number of nitrogens with one attached hydrogen (secondary N) is 1. The average molecular weight is 385 g/mol. The molecule has 1 aliphatic rings. The minimum atomic E-state index is -0.397. The molecule has 1 amide bonds. The number of hydroxylamine groups is 2. The summed E-state index contributed by atoms with van der Waals surface area (Å²) in [6.45, 7) is 8.39. The van der Waals surface area contributed by atoms with Gasteiger partial charge in [0.15, 0.2) is 0 Å². The summed E-state index contributed by atoms with van der Waals surface area (Å²) < 4.78 is 13.5. The molecule has 150 valence electrons. The number of piperazine rings is 1. The summed E-state index contributed by atoms with van der Waals surface area (Å²) in [7, 11) is 1.74. The zero-order chi connectivity index (χ0) is 20.3. The number of rotatable bonds is 4. The van der Waals surface area contributed by atoms with Crippen LogP contribution in [0.25, 0.3) is 0 Å². The van der Waals surface area contributed by atoms with Crippen molar-refractivity contribution in [2.45, 2.75) is 33.4 Å². The van der Waals surface area contributed by atoms with Crippen LogP contribution in [-0.4, -0.2) is 42.7 Å². The van der Waals surface area contributed by atoms with Crippen LogP contribution in [0.1, 0.15) is 33.9 Å². The minimum absolute atomic E-state index is 0.145. The van der Waals surface area contributed by atoms with Crippen LogP contribution >= 0.6 is 0 Å². The lowest BCUT2D eigenvalue weighted by Crippen LogP contribution is -2.48. The Kier molecular flexibility index (Phi) is 6.31. The first-order valence-electron chi connectivity index (χ1n) is 9.57. The molecule has 0 bridgehead atoms. The highest BCUT2D eigenvalue weighted by Crippen LogP contribution is 2.26. The summed E-state index contributed by atoms with van der Waals surface area (Å²) in [4.78, 5) is 20.0. The topological polar surface area (TPSA) is 44.8 Å². The van der Waals surface area contributed by atoms with Gasteiger partial charge in [0.2, 0.25) is 0 Å². The first kappa shape index (κ1) is 20.3. The number of aryl methyl sites for hydroxylation is 3. The first-order chi connectivity index (χ1) is 13.3. The van der Waals surface area contributed by atoms with E-state index in [1.807, 2.05) is 20.8 Å². The number of halogens is 1.